The molecule has 0 fully saturated rings. The minimum Gasteiger partial charge on any atom is -0.780 e. The Bertz CT molecular complexity index is 966. The van der Waals surface area contributed by atoms with Crippen LogP contribution in [-0.4, -0.2) is 79.4 Å². The maximum atomic E-state index is 11.4. The smallest absolute Gasteiger partial charge is 0.115 e. The summed E-state index contributed by atoms with van der Waals surface area (Å²) in [6, 6.07) is 5.80. The van der Waals surface area contributed by atoms with Crippen molar-refractivity contribution >= 4 is 111 Å². The third kappa shape index (κ3) is 37.5. The summed E-state index contributed by atoms with van der Waals surface area (Å²) in [6.07, 6.45) is 4.89. The van der Waals surface area contributed by atoms with Crippen LogP contribution >= 0.6 is 76.0 Å². The molecule has 0 saturated carbocycles. The maximum Gasteiger partial charge on any atom is 0.115 e. The summed E-state index contributed by atoms with van der Waals surface area (Å²) < 4.78 is 39.2. The van der Waals surface area contributed by atoms with Gasteiger partial charge in [0, 0.05) is 34.5 Å². The Labute approximate surface area is 310 Å². The number of aliphatic hydroxyl groups is 1. The lowest BCUT2D eigenvalue weighted by Crippen LogP contribution is -2.08. The molecule has 272 valence electrons. The molecular weight excluding hydrogens is 800 g/mol. The van der Waals surface area contributed by atoms with E-state index in [9.17, 15) is 14.7 Å². The van der Waals surface area contributed by atoms with Gasteiger partial charge in [-0.05, 0) is 75.1 Å². The van der Waals surface area contributed by atoms with Gasteiger partial charge in [-0.3, -0.25) is 0 Å². The summed E-state index contributed by atoms with van der Waals surface area (Å²) in [7, 11) is 6.73. The molecule has 0 aliphatic rings. The van der Waals surface area contributed by atoms with Crippen LogP contribution in [0.4, 0.5) is 0 Å². The van der Waals surface area contributed by atoms with E-state index in [1.165, 1.54) is 0 Å². The SMILES string of the molecule is CCOP([O-])(=S)OCCCS.CCOP([O-])(=S)OCCCSSCCCO.CCOP([O-])(=S)OCCCSSc1ccccn1.[2H][3H].[3HH]. The molecule has 0 saturated heterocycles. The normalized spacial score (nSPS) is 15.2. The van der Waals surface area contributed by atoms with Crippen LogP contribution in [-0.2, 0) is 62.6 Å². The second-order valence-corrected chi connectivity index (χ2v) is 21.5. The summed E-state index contributed by atoms with van der Waals surface area (Å²) in [4.78, 5) is 38.0. The van der Waals surface area contributed by atoms with E-state index in [2.05, 4.69) is 53.0 Å². The molecule has 1 aromatic heterocycles. The van der Waals surface area contributed by atoms with Crippen molar-refractivity contribution < 1.29 is 51.3 Å². The van der Waals surface area contributed by atoms with Gasteiger partial charge in [-0.25, -0.2) is 4.98 Å². The van der Waals surface area contributed by atoms with Gasteiger partial charge in [-0.15, -0.1) is 0 Å². The standard InChI is InChI=1S/C10H16NO3PS3.C8H19O4PS3.C5H13O3PS2.2H2/c1-2-13-15(12,16)14-8-5-9-17-18-10-6-3-4-7-11-10;1-2-11-13(10,14)12-6-4-8-16-15-7-3-5-9;1-2-7-9(6,11)8-4-3-5-10;;/h3-4,6-7H,2,5,8-9H2,1H3,(H,12,16);9H,2-8H2,1H3,(H,10,14);10H,2-5H2,1H3,(H,6,11);2*1H/p-3/i;;;1+2D;1+2. The second-order valence-electron chi connectivity index (χ2n) is 7.67. The zero-order valence-electron chi connectivity index (χ0n) is 27.6. The van der Waals surface area contributed by atoms with Crippen LogP contribution in [0.1, 0.15) is 50.9 Å². The molecule has 0 radical (unpaired) electrons. The molecule has 0 aliphatic heterocycles. The Balaban J connectivity index is -0.000000299. The number of thiol groups is 1. The molecular formula is C23H49NO10P3S8-3. The quantitative estimate of drug-likeness (QED) is 0.0479. The number of aliphatic hydroxyl groups excluding tert-OH is 1. The topological polar surface area (TPSA) is 158 Å². The van der Waals surface area contributed by atoms with Crippen LogP contribution in [0.3, 0.4) is 0 Å². The van der Waals surface area contributed by atoms with Crippen molar-refractivity contribution in [3.05, 3.63) is 24.4 Å². The summed E-state index contributed by atoms with van der Waals surface area (Å²) in [5.41, 5.74) is 0. The molecule has 0 spiro atoms. The first-order valence-corrected chi connectivity index (χ1v) is 27.0. The lowest BCUT2D eigenvalue weighted by molar-refractivity contribution is -0.207. The van der Waals surface area contributed by atoms with E-state index in [0.717, 1.165) is 48.0 Å². The summed E-state index contributed by atoms with van der Waals surface area (Å²) in [5.74, 6) is 3.43. The molecule has 45 heavy (non-hydrogen) atoms. The fourth-order valence-corrected chi connectivity index (χ4v) is 10.2. The molecule has 0 aromatic carbocycles. The van der Waals surface area contributed by atoms with Crippen molar-refractivity contribution in [1.29, 1.82) is 0 Å². The number of hydrogen-bond acceptors (Lipinski definition) is 19. The zero-order chi connectivity index (χ0) is 36.3. The Morgan fingerprint density at radius 3 is 1.62 bits per heavy atom. The Morgan fingerprint density at radius 1 is 0.778 bits per heavy atom. The van der Waals surface area contributed by atoms with E-state index in [-0.39, 0.29) is 8.03 Å². The lowest BCUT2D eigenvalue weighted by atomic mass is 10.5. The number of aromatic nitrogens is 1. The monoisotopic (exact) mass is 853 g/mol. The molecule has 1 aromatic rings. The van der Waals surface area contributed by atoms with Gasteiger partial charge in [0.1, 0.15) is 25.2 Å². The van der Waals surface area contributed by atoms with Crippen molar-refractivity contribution in [2.75, 3.05) is 69.3 Å². The lowest BCUT2D eigenvalue weighted by Gasteiger charge is -2.26. The van der Waals surface area contributed by atoms with Gasteiger partial charge in [0.2, 0.25) is 0 Å². The number of nitrogens with zero attached hydrogens (tertiary/aromatic N) is 1. The van der Waals surface area contributed by atoms with Gasteiger partial charge in [-0.2, -0.15) is 12.6 Å². The molecule has 11 nitrogen and oxygen atoms in total. The Kier molecular flexibility index (Phi) is 35.4. The van der Waals surface area contributed by atoms with Crippen molar-refractivity contribution in [3.63, 3.8) is 0 Å². The summed E-state index contributed by atoms with van der Waals surface area (Å²) >= 11 is 17.8. The van der Waals surface area contributed by atoms with Crippen molar-refractivity contribution in [1.82, 2.24) is 4.98 Å². The van der Waals surface area contributed by atoms with Gasteiger partial charge in [-0.1, -0.05) is 73.9 Å². The van der Waals surface area contributed by atoms with Crippen molar-refractivity contribution in [2.45, 2.75) is 51.5 Å². The first-order chi connectivity index (χ1) is 22.4. The number of pyridine rings is 1. The Hall–Kier alpha value is 2.45. The van der Waals surface area contributed by atoms with Gasteiger partial charge in [0.15, 0.2) is 0 Å². The predicted octanol–water partition coefficient (Wildman–Crippen LogP) is 6.06. The van der Waals surface area contributed by atoms with Crippen LogP contribution in [0.15, 0.2) is 29.4 Å². The second kappa shape index (κ2) is 33.6. The first-order valence-electron chi connectivity index (χ1n) is 14.9. The average Bonchev–Trinajstić information content (AvgIpc) is 3.02. The van der Waals surface area contributed by atoms with E-state index in [4.69, 9.17) is 35.2 Å². The zero-order valence-corrected chi connectivity index (χ0v) is 34.9. The third-order valence-electron chi connectivity index (χ3n) is 3.91. The molecule has 0 amide bonds. The summed E-state index contributed by atoms with van der Waals surface area (Å²) in [6.45, 7) is -2.19. The fourth-order valence-electron chi connectivity index (χ4n) is 2.16. The highest BCUT2D eigenvalue weighted by Gasteiger charge is 2.03. The van der Waals surface area contributed by atoms with Crippen LogP contribution < -0.4 is 14.7 Å². The van der Waals surface area contributed by atoms with Crippen LogP contribution in [0.25, 0.3) is 0 Å². The maximum absolute atomic E-state index is 11.4. The number of rotatable bonds is 26. The van der Waals surface area contributed by atoms with Crippen molar-refractivity contribution in [2.24, 2.45) is 0 Å². The predicted molar refractivity (Wildman–Crippen MR) is 207 cm³/mol. The largest absolute Gasteiger partial charge is 0.780 e. The van der Waals surface area contributed by atoms with Crippen LogP contribution in [0.5, 0.6) is 0 Å². The molecule has 1 rings (SSSR count). The molecule has 0 bridgehead atoms. The highest BCUT2D eigenvalue weighted by molar-refractivity contribution is 8.77. The van der Waals surface area contributed by atoms with Gasteiger partial charge < -0.3 is 46.9 Å². The van der Waals surface area contributed by atoms with Gasteiger partial charge in [0.25, 0.3) is 0 Å². The van der Waals surface area contributed by atoms with E-state index in [1.807, 2.05) is 18.2 Å². The molecule has 3 atom stereocenters. The van der Waals surface area contributed by atoms with Crippen LogP contribution in [0, 0.1) is 0 Å². The van der Waals surface area contributed by atoms with Gasteiger partial charge in [0.05, 0.1) is 39.6 Å². The molecule has 0 aliphatic carbocycles. The third-order valence-corrected chi connectivity index (χ3v) is 14.3. The molecule has 1 N–H and O–H groups in total. The summed E-state index contributed by atoms with van der Waals surface area (Å²) in [5, 5.41) is 9.53. The van der Waals surface area contributed by atoms with Crippen LogP contribution in [0.2, 0.25) is 0 Å². The fraction of sp³-hybridized carbons (Fsp3) is 0.783. The molecule has 3 unspecified atom stereocenters. The minimum absolute atomic E-state index is 0. The van der Waals surface area contributed by atoms with Crippen molar-refractivity contribution in [3.8, 4) is 0 Å². The minimum atomic E-state index is -3.24. The van der Waals surface area contributed by atoms with E-state index < -0.39 is 20.2 Å². The average molecular weight is 854 g/mol. The van der Waals surface area contributed by atoms with E-state index in [0.29, 0.717) is 45.4 Å². The highest BCUT2D eigenvalue weighted by Crippen LogP contribution is 2.40. The Morgan fingerprint density at radius 2 is 1.22 bits per heavy atom. The first kappa shape index (κ1) is 47.4. The molecule has 22 heteroatoms. The molecule has 1 heterocycles. The highest BCUT2D eigenvalue weighted by atomic mass is 33.1. The van der Waals surface area contributed by atoms with Gasteiger partial charge >= 0.3 is 0 Å². The van der Waals surface area contributed by atoms with E-state index in [1.54, 1.807) is 70.1 Å². The van der Waals surface area contributed by atoms with E-state index >= 15 is 0 Å². The number of hydrogen-bond donors (Lipinski definition) is 2.